The van der Waals surface area contributed by atoms with Gasteiger partial charge in [0.15, 0.2) is 0 Å². The molecule has 0 spiro atoms. The average Bonchev–Trinajstić information content (AvgIpc) is 2.04. The van der Waals surface area contributed by atoms with Crippen LogP contribution in [0.2, 0.25) is 0 Å². The van der Waals surface area contributed by atoms with E-state index in [1.165, 1.54) is 0 Å². The molecule has 0 unspecified atom stereocenters. The van der Waals surface area contributed by atoms with Crippen LogP contribution in [0.25, 0.3) is 0 Å². The highest BCUT2D eigenvalue weighted by Crippen LogP contribution is 1.97. The van der Waals surface area contributed by atoms with Gasteiger partial charge in [-0.1, -0.05) is 0 Å². The third kappa shape index (κ3) is 8.91. The van der Waals surface area contributed by atoms with Crippen LogP contribution in [0.1, 0.15) is 12.8 Å². The van der Waals surface area contributed by atoms with E-state index in [0.717, 1.165) is 0 Å². The normalized spacial score (nSPS) is 9.85. The Labute approximate surface area is 76.1 Å². The number of carboxylic acids is 1. The summed E-state index contributed by atoms with van der Waals surface area (Å²) >= 11 is 0. The quantitative estimate of drug-likeness (QED) is 0.374. The molecule has 0 radical (unpaired) electrons. The third-order valence-corrected chi connectivity index (χ3v) is 1.32. The fraction of sp³-hybridized carbons (Fsp3) is 0.667. The lowest BCUT2D eigenvalue weighted by molar-refractivity contribution is -0.146. The predicted molar refractivity (Wildman–Crippen MR) is 41.4 cm³/mol. The summed E-state index contributed by atoms with van der Waals surface area (Å²) in [7, 11) is -0.488. The number of ether oxygens (including phenoxy) is 1. The van der Waals surface area contributed by atoms with Crippen LogP contribution in [0.15, 0.2) is 0 Å². The van der Waals surface area contributed by atoms with Gasteiger partial charge in [0, 0.05) is 0 Å². The molecule has 6 nitrogen and oxygen atoms in total. The van der Waals surface area contributed by atoms with E-state index >= 15 is 0 Å². The van der Waals surface area contributed by atoms with Gasteiger partial charge >= 0.3 is 20.6 Å². The zero-order valence-corrected chi connectivity index (χ0v) is 7.66. The molecule has 0 amide bonds. The molecule has 0 aromatic heterocycles. The first-order valence-corrected chi connectivity index (χ1v) is 4.22. The van der Waals surface area contributed by atoms with Crippen molar-refractivity contribution >= 4 is 20.6 Å². The fourth-order valence-corrected chi connectivity index (χ4v) is 0.656. The Morgan fingerprint density at radius 1 is 1.23 bits per heavy atom. The number of hydrogen-bond acceptors (Lipinski definition) is 5. The second-order valence-electron chi connectivity index (χ2n) is 2.02. The molecule has 0 saturated carbocycles. The number of carboxylic acid groups (broad SMARTS) is 1. The van der Waals surface area contributed by atoms with Crippen LogP contribution in [0.4, 0.5) is 0 Å². The Bertz CT molecular complexity index is 192. The molecular weight excluding hydrogens is 199 g/mol. The highest BCUT2D eigenvalue weighted by molar-refractivity contribution is 7.17. The van der Waals surface area contributed by atoms with Crippen molar-refractivity contribution in [1.29, 1.82) is 0 Å². The van der Waals surface area contributed by atoms with Crippen LogP contribution >= 0.6 is 8.69 Å². The predicted octanol–water partition coefficient (Wildman–Crippen LogP) is 0.618. The average molecular weight is 208 g/mol. The van der Waals surface area contributed by atoms with Gasteiger partial charge < -0.3 is 9.84 Å². The molecule has 74 valence electrons. The zero-order valence-electron chi connectivity index (χ0n) is 6.76. The van der Waals surface area contributed by atoms with Gasteiger partial charge in [-0.25, -0.2) is 4.57 Å². The van der Waals surface area contributed by atoms with Crippen LogP contribution in [-0.4, -0.2) is 30.3 Å². The molecule has 0 aliphatic rings. The molecule has 0 bridgehead atoms. The van der Waals surface area contributed by atoms with Gasteiger partial charge in [-0.15, -0.1) is 0 Å². The van der Waals surface area contributed by atoms with Gasteiger partial charge in [-0.05, 0) is 0 Å². The molecule has 0 aliphatic heterocycles. The second-order valence-corrected chi connectivity index (χ2v) is 2.43. The lowest BCUT2D eigenvalue weighted by atomic mass is 10.4. The molecule has 0 aliphatic carbocycles. The summed E-state index contributed by atoms with van der Waals surface area (Å²) in [5, 5.41) is 8.18. The van der Waals surface area contributed by atoms with Crippen LogP contribution in [0.5, 0.6) is 0 Å². The molecular formula is C6H9O6P. The molecule has 0 fully saturated rings. The Hall–Kier alpha value is -1.00. The topological polar surface area (TPSA) is 89.9 Å². The summed E-state index contributed by atoms with van der Waals surface area (Å²) in [5.74, 6) is -1.59. The van der Waals surface area contributed by atoms with Crippen molar-refractivity contribution in [1.82, 2.24) is 0 Å². The van der Waals surface area contributed by atoms with Crippen LogP contribution < -0.4 is 0 Å². The lowest BCUT2D eigenvalue weighted by Gasteiger charge is -2.00. The lowest BCUT2D eigenvalue weighted by Crippen LogP contribution is -2.10. The summed E-state index contributed by atoms with van der Waals surface area (Å²) in [6.45, 7) is -0.153. The second kappa shape index (κ2) is 7.64. The van der Waals surface area contributed by atoms with Crippen molar-refractivity contribution < 1.29 is 28.5 Å². The number of esters is 1. The first kappa shape index (κ1) is 12.0. The molecule has 0 rings (SSSR count). The smallest absolute Gasteiger partial charge is 0.327 e. The number of carbonyl (C=O) groups is 2. The minimum atomic E-state index is -1.03. The summed E-state index contributed by atoms with van der Waals surface area (Å²) < 4.78 is 18.6. The number of rotatable bonds is 7. The number of hydrogen-bond donors (Lipinski definition) is 1. The van der Waals surface area contributed by atoms with Gasteiger partial charge in [0.05, 0.1) is 19.4 Å². The van der Waals surface area contributed by atoms with Gasteiger partial charge in [0.25, 0.3) is 0 Å². The molecule has 0 aromatic carbocycles. The molecule has 13 heavy (non-hydrogen) atoms. The van der Waals surface area contributed by atoms with Crippen LogP contribution in [0, 0.1) is 0 Å². The Kier molecular flexibility index (Phi) is 7.05. The van der Waals surface area contributed by atoms with Crippen LogP contribution in [-0.2, 0) is 23.4 Å². The van der Waals surface area contributed by atoms with E-state index in [0.29, 0.717) is 0 Å². The Morgan fingerprint density at radius 2 is 1.92 bits per heavy atom. The van der Waals surface area contributed by atoms with E-state index in [-0.39, 0.29) is 26.1 Å². The van der Waals surface area contributed by atoms with Crippen molar-refractivity contribution in [2.24, 2.45) is 0 Å². The number of carbonyl (C=O) groups excluding carboxylic acids is 1. The minimum Gasteiger partial charge on any atom is -0.481 e. The molecule has 0 heterocycles. The molecule has 0 saturated heterocycles. The molecule has 7 heteroatoms. The van der Waals surface area contributed by atoms with E-state index in [9.17, 15) is 14.2 Å². The van der Waals surface area contributed by atoms with Gasteiger partial charge in [0.2, 0.25) is 0 Å². The van der Waals surface area contributed by atoms with E-state index in [1.807, 2.05) is 0 Å². The van der Waals surface area contributed by atoms with Gasteiger partial charge in [-0.2, -0.15) is 0 Å². The van der Waals surface area contributed by atoms with E-state index < -0.39 is 20.6 Å². The summed E-state index contributed by atoms with van der Waals surface area (Å²) in [6.07, 6.45) is -0.249. The third-order valence-electron chi connectivity index (χ3n) is 1.03. The maximum Gasteiger partial charge on any atom is 0.327 e. The minimum absolute atomic E-state index is 0.00302. The van der Waals surface area contributed by atoms with E-state index in [1.54, 1.807) is 0 Å². The monoisotopic (exact) mass is 208 g/mol. The maximum absolute atomic E-state index is 10.7. The highest BCUT2D eigenvalue weighted by atomic mass is 31.1. The van der Waals surface area contributed by atoms with Crippen molar-refractivity contribution in [2.45, 2.75) is 12.8 Å². The largest absolute Gasteiger partial charge is 0.481 e. The SMILES string of the molecule is O=POCCC(=O)OCCC(=O)O. The van der Waals surface area contributed by atoms with Crippen molar-refractivity contribution in [3.05, 3.63) is 0 Å². The summed E-state index contributed by atoms with van der Waals surface area (Å²) in [5.41, 5.74) is 0. The molecule has 0 atom stereocenters. The molecule has 1 N–H and O–H groups in total. The Balaban J connectivity index is 3.30. The van der Waals surface area contributed by atoms with Crippen molar-refractivity contribution in [3.63, 3.8) is 0 Å². The van der Waals surface area contributed by atoms with Crippen LogP contribution in [0.3, 0.4) is 0 Å². The Morgan fingerprint density at radius 3 is 2.46 bits per heavy atom. The fourth-order valence-electron chi connectivity index (χ4n) is 0.491. The number of aliphatic carboxylic acids is 1. The zero-order chi connectivity index (χ0) is 10.1. The summed E-state index contributed by atoms with van der Waals surface area (Å²) in [6, 6.07) is 0. The first-order valence-electron chi connectivity index (χ1n) is 3.49. The first-order chi connectivity index (χ1) is 6.16. The van der Waals surface area contributed by atoms with Crippen molar-refractivity contribution in [3.8, 4) is 0 Å². The van der Waals surface area contributed by atoms with E-state index in [2.05, 4.69) is 9.26 Å². The van der Waals surface area contributed by atoms with Gasteiger partial charge in [0.1, 0.15) is 6.61 Å². The van der Waals surface area contributed by atoms with Gasteiger partial charge in [-0.3, -0.25) is 14.1 Å². The highest BCUT2D eigenvalue weighted by Gasteiger charge is 2.04. The summed E-state index contributed by atoms with van der Waals surface area (Å²) in [4.78, 5) is 20.7. The maximum atomic E-state index is 10.7. The van der Waals surface area contributed by atoms with Crippen molar-refractivity contribution in [2.75, 3.05) is 13.2 Å². The molecule has 0 aromatic rings. The standard InChI is InChI=1S/C6H9O6P/c7-5(8)1-3-11-6(9)2-4-12-13-10/h1-4H2,(H,7,8). The van der Waals surface area contributed by atoms with E-state index in [4.69, 9.17) is 5.11 Å².